The van der Waals surface area contributed by atoms with Crippen LogP contribution < -0.4 is 5.32 Å². The summed E-state index contributed by atoms with van der Waals surface area (Å²) < 4.78 is 13.3. The molecule has 0 amide bonds. The van der Waals surface area contributed by atoms with E-state index in [1.165, 1.54) is 12.1 Å². The summed E-state index contributed by atoms with van der Waals surface area (Å²) in [7, 11) is 0. The summed E-state index contributed by atoms with van der Waals surface area (Å²) in [4.78, 5) is 10.00. The average Bonchev–Trinajstić information content (AvgIpc) is 2.41. The van der Waals surface area contributed by atoms with Crippen molar-refractivity contribution in [3.05, 3.63) is 69.5 Å². The number of hydrogen-bond donors (Lipinski definition) is 1. The third-order valence-electron chi connectivity index (χ3n) is 3.18. The summed E-state index contributed by atoms with van der Waals surface area (Å²) in [5.74, 6) is -0.830. The highest BCUT2D eigenvalue weighted by Gasteiger charge is 2.15. The Bertz CT molecular complexity index is 644. The van der Waals surface area contributed by atoms with Crippen LogP contribution in [0, 0.1) is 22.9 Å². The molecule has 5 heteroatoms. The Hall–Kier alpha value is -2.43. The maximum Gasteiger partial charge on any atom is 0.306 e. The van der Waals surface area contributed by atoms with Gasteiger partial charge in [-0.2, -0.15) is 4.39 Å². The van der Waals surface area contributed by atoms with Crippen LogP contribution in [-0.2, 0) is 0 Å². The van der Waals surface area contributed by atoms with Gasteiger partial charge >= 0.3 is 5.69 Å². The number of aryl methyl sites for hydroxylation is 1. The third-order valence-corrected chi connectivity index (χ3v) is 3.18. The van der Waals surface area contributed by atoms with Crippen molar-refractivity contribution in [1.29, 1.82) is 0 Å². The molecule has 4 nitrogen and oxygen atoms in total. The highest BCUT2D eigenvalue weighted by Crippen LogP contribution is 2.26. The Kier molecular flexibility index (Phi) is 3.98. The summed E-state index contributed by atoms with van der Waals surface area (Å²) >= 11 is 0. The van der Waals surface area contributed by atoms with Gasteiger partial charge in [0.2, 0.25) is 5.82 Å². The molecule has 0 fully saturated rings. The average molecular weight is 274 g/mol. The second-order valence-electron chi connectivity index (χ2n) is 4.65. The summed E-state index contributed by atoms with van der Waals surface area (Å²) in [5, 5.41) is 13.9. The molecule has 0 saturated heterocycles. The molecule has 0 aromatic heterocycles. The van der Waals surface area contributed by atoms with Gasteiger partial charge in [-0.25, -0.2) is 0 Å². The van der Waals surface area contributed by atoms with E-state index in [1.54, 1.807) is 0 Å². The van der Waals surface area contributed by atoms with Crippen LogP contribution in [0.1, 0.15) is 24.1 Å². The first-order chi connectivity index (χ1) is 9.49. The molecule has 2 aromatic rings. The maximum absolute atomic E-state index is 13.3. The number of anilines is 1. The fraction of sp³-hybridized carbons (Fsp3) is 0.200. The Labute approximate surface area is 116 Å². The van der Waals surface area contributed by atoms with E-state index in [9.17, 15) is 14.5 Å². The highest BCUT2D eigenvalue weighted by atomic mass is 19.1. The van der Waals surface area contributed by atoms with Crippen molar-refractivity contribution in [2.75, 3.05) is 5.32 Å². The highest BCUT2D eigenvalue weighted by molar-refractivity contribution is 5.53. The molecule has 0 aliphatic rings. The number of halogens is 1. The smallest absolute Gasteiger partial charge is 0.306 e. The van der Waals surface area contributed by atoms with E-state index in [0.717, 1.165) is 17.2 Å². The number of nitrogens with zero attached hydrogens (tertiary/aromatic N) is 1. The normalized spacial score (nSPS) is 11.9. The predicted octanol–water partition coefficient (Wildman–Crippen LogP) is 4.22. The van der Waals surface area contributed by atoms with E-state index in [0.29, 0.717) is 5.69 Å². The standard InChI is InChI=1S/C15H15FN2O2/c1-10-5-3-4-6-13(10)11(2)17-12-7-8-14(16)15(9-12)18(19)20/h3-9,11,17H,1-2H3. The molecule has 104 valence electrons. The van der Waals surface area contributed by atoms with Gasteiger partial charge in [0.1, 0.15) is 0 Å². The molecule has 0 aliphatic carbocycles. The third kappa shape index (κ3) is 2.93. The Morgan fingerprint density at radius 3 is 2.60 bits per heavy atom. The number of nitrogens with one attached hydrogen (secondary N) is 1. The van der Waals surface area contributed by atoms with Crippen molar-refractivity contribution in [2.45, 2.75) is 19.9 Å². The molecule has 0 saturated carbocycles. The minimum Gasteiger partial charge on any atom is -0.378 e. The molecular weight excluding hydrogens is 259 g/mol. The largest absolute Gasteiger partial charge is 0.378 e. The van der Waals surface area contributed by atoms with Crippen LogP contribution >= 0.6 is 0 Å². The van der Waals surface area contributed by atoms with E-state index in [-0.39, 0.29) is 6.04 Å². The van der Waals surface area contributed by atoms with E-state index >= 15 is 0 Å². The van der Waals surface area contributed by atoms with Crippen molar-refractivity contribution in [3.8, 4) is 0 Å². The number of hydrogen-bond acceptors (Lipinski definition) is 3. The van der Waals surface area contributed by atoms with Gasteiger partial charge in [0.25, 0.3) is 0 Å². The van der Waals surface area contributed by atoms with Crippen LogP contribution in [0.25, 0.3) is 0 Å². The summed E-state index contributed by atoms with van der Waals surface area (Å²) in [6.45, 7) is 3.96. The molecule has 0 spiro atoms. The minimum absolute atomic E-state index is 0.0266. The van der Waals surface area contributed by atoms with E-state index in [1.807, 2.05) is 38.1 Å². The Morgan fingerprint density at radius 2 is 1.95 bits per heavy atom. The topological polar surface area (TPSA) is 55.2 Å². The van der Waals surface area contributed by atoms with Gasteiger partial charge in [-0.15, -0.1) is 0 Å². The van der Waals surface area contributed by atoms with Crippen LogP contribution in [0.5, 0.6) is 0 Å². The fourth-order valence-electron chi connectivity index (χ4n) is 2.14. The molecule has 1 atom stereocenters. The van der Waals surface area contributed by atoms with Gasteiger partial charge in [-0.1, -0.05) is 24.3 Å². The zero-order valence-electron chi connectivity index (χ0n) is 11.3. The quantitative estimate of drug-likeness (QED) is 0.671. The number of nitro benzene ring substituents is 1. The van der Waals surface area contributed by atoms with Crippen molar-refractivity contribution >= 4 is 11.4 Å². The van der Waals surface area contributed by atoms with Gasteiger partial charge in [-0.3, -0.25) is 10.1 Å². The molecular formula is C15H15FN2O2. The monoisotopic (exact) mass is 274 g/mol. The van der Waals surface area contributed by atoms with Crippen LogP contribution in [0.15, 0.2) is 42.5 Å². The van der Waals surface area contributed by atoms with Gasteiger partial charge in [0, 0.05) is 17.8 Å². The zero-order chi connectivity index (χ0) is 14.7. The summed E-state index contributed by atoms with van der Waals surface area (Å²) in [6.07, 6.45) is 0. The molecule has 20 heavy (non-hydrogen) atoms. The Balaban J connectivity index is 2.24. The number of rotatable bonds is 4. The van der Waals surface area contributed by atoms with Crippen molar-refractivity contribution in [2.24, 2.45) is 0 Å². The summed E-state index contributed by atoms with van der Waals surface area (Å²) in [5.41, 5.74) is 2.23. The van der Waals surface area contributed by atoms with Crippen molar-refractivity contribution in [3.63, 3.8) is 0 Å². The zero-order valence-corrected chi connectivity index (χ0v) is 11.3. The number of nitro groups is 1. The van der Waals surface area contributed by atoms with Gasteiger partial charge in [0.15, 0.2) is 0 Å². The van der Waals surface area contributed by atoms with Gasteiger partial charge in [0.05, 0.1) is 4.92 Å². The van der Waals surface area contributed by atoms with E-state index < -0.39 is 16.4 Å². The lowest BCUT2D eigenvalue weighted by Crippen LogP contribution is -2.08. The van der Waals surface area contributed by atoms with Gasteiger partial charge < -0.3 is 5.32 Å². The molecule has 0 heterocycles. The predicted molar refractivity (Wildman–Crippen MR) is 76.3 cm³/mol. The summed E-state index contributed by atoms with van der Waals surface area (Å²) in [6, 6.07) is 11.7. The molecule has 0 radical (unpaired) electrons. The number of benzene rings is 2. The minimum atomic E-state index is -0.830. The molecule has 2 aromatic carbocycles. The molecule has 1 unspecified atom stereocenters. The van der Waals surface area contributed by atoms with Gasteiger partial charge in [-0.05, 0) is 37.1 Å². The SMILES string of the molecule is Cc1ccccc1C(C)Nc1ccc(F)c([N+](=O)[O-])c1. The molecule has 0 aliphatic heterocycles. The van der Waals surface area contributed by atoms with Crippen LogP contribution in [0.3, 0.4) is 0 Å². The molecule has 1 N–H and O–H groups in total. The van der Waals surface area contributed by atoms with Crippen molar-refractivity contribution < 1.29 is 9.31 Å². The Morgan fingerprint density at radius 1 is 1.25 bits per heavy atom. The van der Waals surface area contributed by atoms with E-state index in [4.69, 9.17) is 0 Å². The lowest BCUT2D eigenvalue weighted by Gasteiger charge is -2.17. The lowest BCUT2D eigenvalue weighted by molar-refractivity contribution is -0.387. The molecule has 0 bridgehead atoms. The molecule has 2 rings (SSSR count). The second-order valence-corrected chi connectivity index (χ2v) is 4.65. The maximum atomic E-state index is 13.3. The first kappa shape index (κ1) is 14.0. The van der Waals surface area contributed by atoms with Crippen LogP contribution in [0.4, 0.5) is 15.8 Å². The first-order valence-electron chi connectivity index (χ1n) is 6.25. The van der Waals surface area contributed by atoms with Crippen LogP contribution in [0.2, 0.25) is 0 Å². The first-order valence-corrected chi connectivity index (χ1v) is 6.25. The van der Waals surface area contributed by atoms with E-state index in [2.05, 4.69) is 5.32 Å². The fourth-order valence-corrected chi connectivity index (χ4v) is 2.14. The van der Waals surface area contributed by atoms with Crippen LogP contribution in [-0.4, -0.2) is 4.92 Å². The lowest BCUT2D eigenvalue weighted by atomic mass is 10.0. The van der Waals surface area contributed by atoms with Crippen molar-refractivity contribution in [1.82, 2.24) is 0 Å². The second kappa shape index (κ2) is 5.69.